The Morgan fingerprint density at radius 2 is 2.00 bits per heavy atom. The van der Waals surface area contributed by atoms with E-state index in [9.17, 15) is 9.59 Å². The molecule has 2 aliphatic rings. The fourth-order valence-corrected chi connectivity index (χ4v) is 3.89. The van der Waals surface area contributed by atoms with Crippen molar-refractivity contribution >= 4 is 5.91 Å². The second-order valence-corrected chi connectivity index (χ2v) is 7.48. The maximum atomic E-state index is 12.4. The lowest BCUT2D eigenvalue weighted by molar-refractivity contribution is 0.0915. The summed E-state index contributed by atoms with van der Waals surface area (Å²) in [5, 5.41) is 11.9. The molecule has 0 saturated heterocycles. The number of ether oxygens (including phenoxy) is 1. The molecule has 2 aromatic rings. The monoisotopic (exact) mass is 371 g/mol. The van der Waals surface area contributed by atoms with Gasteiger partial charge in [0.15, 0.2) is 0 Å². The maximum Gasteiger partial charge on any atom is 0.272 e. The van der Waals surface area contributed by atoms with E-state index in [1.807, 2.05) is 14.0 Å². The standard InChI is InChI=1S/C19H25N5O3/c1-12-9-17(21-23(12)2)19(26)20-14-3-5-15(6-4-14)24-18(25)10-13-11-27-8-7-16(13)22-24/h9-10,14-15H,3-8,11H2,1-2H3,(H,20,26). The van der Waals surface area contributed by atoms with Crippen molar-refractivity contribution in [1.29, 1.82) is 0 Å². The summed E-state index contributed by atoms with van der Waals surface area (Å²) >= 11 is 0. The third-order valence-electron chi connectivity index (χ3n) is 5.59. The number of amides is 1. The minimum Gasteiger partial charge on any atom is -0.376 e. The molecule has 0 bridgehead atoms. The molecule has 1 N–H and O–H groups in total. The molecule has 144 valence electrons. The molecule has 27 heavy (non-hydrogen) atoms. The van der Waals surface area contributed by atoms with Gasteiger partial charge < -0.3 is 10.1 Å². The Morgan fingerprint density at radius 1 is 1.22 bits per heavy atom. The quantitative estimate of drug-likeness (QED) is 0.877. The van der Waals surface area contributed by atoms with Crippen LogP contribution in [0.1, 0.15) is 59.2 Å². The number of rotatable bonds is 3. The fourth-order valence-electron chi connectivity index (χ4n) is 3.89. The van der Waals surface area contributed by atoms with Crippen molar-refractivity contribution < 1.29 is 9.53 Å². The summed E-state index contributed by atoms with van der Waals surface area (Å²) in [7, 11) is 1.83. The Kier molecular flexibility index (Phi) is 4.82. The lowest BCUT2D eigenvalue weighted by Gasteiger charge is -2.30. The summed E-state index contributed by atoms with van der Waals surface area (Å²) in [6.45, 7) is 3.05. The molecule has 1 fully saturated rings. The highest BCUT2D eigenvalue weighted by molar-refractivity contribution is 5.92. The van der Waals surface area contributed by atoms with Crippen molar-refractivity contribution in [2.75, 3.05) is 6.61 Å². The van der Waals surface area contributed by atoms with Crippen molar-refractivity contribution in [2.24, 2.45) is 7.05 Å². The number of aromatic nitrogens is 4. The molecule has 3 heterocycles. The van der Waals surface area contributed by atoms with Gasteiger partial charge in [-0.2, -0.15) is 10.2 Å². The zero-order chi connectivity index (χ0) is 19.0. The molecule has 8 nitrogen and oxygen atoms in total. The zero-order valence-corrected chi connectivity index (χ0v) is 15.8. The molecular weight excluding hydrogens is 346 g/mol. The molecule has 2 aromatic heterocycles. The number of aryl methyl sites for hydroxylation is 2. The van der Waals surface area contributed by atoms with E-state index in [1.165, 1.54) is 0 Å². The molecule has 0 aromatic carbocycles. The van der Waals surface area contributed by atoms with E-state index >= 15 is 0 Å². The van der Waals surface area contributed by atoms with Gasteiger partial charge in [-0.3, -0.25) is 14.3 Å². The average molecular weight is 371 g/mol. The van der Waals surface area contributed by atoms with Gasteiger partial charge in [-0.25, -0.2) is 4.68 Å². The van der Waals surface area contributed by atoms with Gasteiger partial charge in [0.2, 0.25) is 0 Å². The first kappa shape index (κ1) is 17.9. The molecule has 0 unspecified atom stereocenters. The van der Waals surface area contributed by atoms with Crippen molar-refractivity contribution in [2.45, 2.75) is 57.7 Å². The van der Waals surface area contributed by atoms with Gasteiger partial charge in [-0.1, -0.05) is 0 Å². The van der Waals surface area contributed by atoms with Crippen LogP contribution in [0.25, 0.3) is 0 Å². The van der Waals surface area contributed by atoms with Gasteiger partial charge in [0.1, 0.15) is 5.69 Å². The fraction of sp³-hybridized carbons (Fsp3) is 0.579. The van der Waals surface area contributed by atoms with E-state index in [1.54, 1.807) is 21.5 Å². The second kappa shape index (κ2) is 7.26. The summed E-state index contributed by atoms with van der Waals surface area (Å²) in [6, 6.07) is 3.66. The van der Waals surface area contributed by atoms with Crippen LogP contribution in [0.2, 0.25) is 0 Å². The summed E-state index contributed by atoms with van der Waals surface area (Å²) in [4.78, 5) is 24.8. The lowest BCUT2D eigenvalue weighted by atomic mass is 9.91. The SMILES string of the molecule is Cc1cc(C(=O)NC2CCC(n3nc4c(cc3=O)COCC4)CC2)nn1C. The molecule has 1 amide bonds. The molecule has 1 saturated carbocycles. The van der Waals surface area contributed by atoms with Crippen LogP contribution in [0.15, 0.2) is 16.9 Å². The van der Waals surface area contributed by atoms with E-state index in [2.05, 4.69) is 15.5 Å². The summed E-state index contributed by atoms with van der Waals surface area (Å²) < 4.78 is 8.74. The Bertz CT molecular complexity index is 889. The van der Waals surface area contributed by atoms with Crippen LogP contribution in [-0.4, -0.2) is 38.1 Å². The Morgan fingerprint density at radius 3 is 2.70 bits per heavy atom. The molecule has 0 atom stereocenters. The summed E-state index contributed by atoms with van der Waals surface area (Å²) in [5.41, 5.74) is 3.23. The number of hydrogen-bond donors (Lipinski definition) is 1. The van der Waals surface area contributed by atoms with E-state index < -0.39 is 0 Å². The van der Waals surface area contributed by atoms with Crippen LogP contribution in [0.4, 0.5) is 0 Å². The molecule has 1 aliphatic heterocycles. The van der Waals surface area contributed by atoms with Gasteiger partial charge in [-0.05, 0) is 38.7 Å². The predicted molar refractivity (Wildman–Crippen MR) is 98.6 cm³/mol. The number of nitrogens with zero attached hydrogens (tertiary/aromatic N) is 4. The van der Waals surface area contributed by atoms with Crippen LogP contribution in [0.3, 0.4) is 0 Å². The van der Waals surface area contributed by atoms with E-state index in [0.29, 0.717) is 18.9 Å². The van der Waals surface area contributed by atoms with E-state index in [4.69, 9.17) is 4.74 Å². The average Bonchev–Trinajstić information content (AvgIpc) is 3.01. The third kappa shape index (κ3) is 3.66. The molecule has 0 radical (unpaired) electrons. The largest absolute Gasteiger partial charge is 0.376 e. The molecule has 0 spiro atoms. The number of fused-ring (bicyclic) bond motifs is 1. The highest BCUT2D eigenvalue weighted by Gasteiger charge is 2.26. The van der Waals surface area contributed by atoms with Gasteiger partial charge in [0.25, 0.3) is 11.5 Å². The van der Waals surface area contributed by atoms with Crippen LogP contribution in [-0.2, 0) is 24.8 Å². The number of hydrogen-bond acceptors (Lipinski definition) is 5. The maximum absolute atomic E-state index is 12.4. The second-order valence-electron chi connectivity index (χ2n) is 7.48. The minimum atomic E-state index is -0.133. The van der Waals surface area contributed by atoms with Crippen molar-refractivity contribution in [3.05, 3.63) is 45.1 Å². The Hall–Kier alpha value is -2.48. The minimum absolute atomic E-state index is 0.0595. The highest BCUT2D eigenvalue weighted by atomic mass is 16.5. The van der Waals surface area contributed by atoms with Crippen LogP contribution in [0.5, 0.6) is 0 Å². The first-order chi connectivity index (χ1) is 13.0. The van der Waals surface area contributed by atoms with E-state index in [0.717, 1.165) is 49.1 Å². The third-order valence-corrected chi connectivity index (χ3v) is 5.59. The van der Waals surface area contributed by atoms with Gasteiger partial charge in [0, 0.05) is 36.8 Å². The van der Waals surface area contributed by atoms with Gasteiger partial charge in [-0.15, -0.1) is 0 Å². The van der Waals surface area contributed by atoms with Crippen molar-refractivity contribution in [3.63, 3.8) is 0 Å². The number of carbonyl (C=O) groups excluding carboxylic acids is 1. The highest BCUT2D eigenvalue weighted by Crippen LogP contribution is 2.27. The topological polar surface area (TPSA) is 91.0 Å². The molecular formula is C19H25N5O3. The number of nitrogens with one attached hydrogen (secondary N) is 1. The molecule has 4 rings (SSSR count). The first-order valence-corrected chi connectivity index (χ1v) is 9.52. The predicted octanol–water partition coefficient (Wildman–Crippen LogP) is 1.27. The first-order valence-electron chi connectivity index (χ1n) is 9.52. The molecule has 8 heteroatoms. The van der Waals surface area contributed by atoms with E-state index in [-0.39, 0.29) is 23.6 Å². The van der Waals surface area contributed by atoms with Crippen LogP contribution >= 0.6 is 0 Å². The summed E-state index contributed by atoms with van der Waals surface area (Å²) in [5.74, 6) is -0.133. The summed E-state index contributed by atoms with van der Waals surface area (Å²) in [6.07, 6.45) is 4.07. The normalized spacial score (nSPS) is 22.3. The van der Waals surface area contributed by atoms with Gasteiger partial charge in [0.05, 0.1) is 24.9 Å². The lowest BCUT2D eigenvalue weighted by Crippen LogP contribution is -2.40. The molecule has 1 aliphatic carbocycles. The smallest absolute Gasteiger partial charge is 0.272 e. The number of carbonyl (C=O) groups is 1. The van der Waals surface area contributed by atoms with Crippen molar-refractivity contribution in [1.82, 2.24) is 24.9 Å². The van der Waals surface area contributed by atoms with Crippen LogP contribution in [0, 0.1) is 6.92 Å². The Labute approximate surface area is 157 Å². The zero-order valence-electron chi connectivity index (χ0n) is 15.8. The van der Waals surface area contributed by atoms with Crippen LogP contribution < -0.4 is 10.9 Å². The van der Waals surface area contributed by atoms with Gasteiger partial charge >= 0.3 is 0 Å². The van der Waals surface area contributed by atoms with Crippen molar-refractivity contribution in [3.8, 4) is 0 Å². The Balaban J connectivity index is 1.39.